The molecule has 1 unspecified atom stereocenters. The summed E-state index contributed by atoms with van der Waals surface area (Å²) in [6.45, 7) is 7.30. The van der Waals surface area contributed by atoms with Gasteiger partial charge in [0.2, 0.25) is 0 Å². The first-order valence-corrected chi connectivity index (χ1v) is 8.41. The SMILES string of the molecule is CCCC(NCCCN1CCCCC1)c1ccccc1. The van der Waals surface area contributed by atoms with Crippen molar-refractivity contribution in [3.63, 3.8) is 0 Å². The quantitative estimate of drug-likeness (QED) is 0.721. The summed E-state index contributed by atoms with van der Waals surface area (Å²) in [5, 5.41) is 3.75. The largest absolute Gasteiger partial charge is 0.310 e. The first-order valence-electron chi connectivity index (χ1n) is 8.41. The Bertz CT molecular complexity index is 344. The Morgan fingerprint density at radius 3 is 2.55 bits per heavy atom. The molecule has 1 heterocycles. The van der Waals surface area contributed by atoms with Gasteiger partial charge in [-0.15, -0.1) is 0 Å². The fourth-order valence-corrected chi connectivity index (χ4v) is 3.12. The normalized spacial score (nSPS) is 18.1. The van der Waals surface area contributed by atoms with Crippen LogP contribution < -0.4 is 5.32 Å². The van der Waals surface area contributed by atoms with Crippen LogP contribution in [0.2, 0.25) is 0 Å². The molecular weight excluding hydrogens is 244 g/mol. The molecule has 1 aromatic rings. The summed E-state index contributed by atoms with van der Waals surface area (Å²) in [5.41, 5.74) is 1.44. The second-order valence-corrected chi connectivity index (χ2v) is 5.96. The number of rotatable bonds is 8. The molecule has 0 aromatic heterocycles. The molecule has 0 aliphatic carbocycles. The van der Waals surface area contributed by atoms with E-state index in [0.717, 1.165) is 6.54 Å². The van der Waals surface area contributed by atoms with E-state index < -0.39 is 0 Å². The maximum Gasteiger partial charge on any atom is 0.0320 e. The van der Waals surface area contributed by atoms with Crippen molar-refractivity contribution >= 4 is 0 Å². The monoisotopic (exact) mass is 274 g/mol. The van der Waals surface area contributed by atoms with E-state index in [1.165, 1.54) is 63.7 Å². The van der Waals surface area contributed by atoms with Crippen LogP contribution in [0.1, 0.15) is 57.1 Å². The number of benzene rings is 1. The molecule has 1 aliphatic heterocycles. The van der Waals surface area contributed by atoms with Gasteiger partial charge in [-0.05, 0) is 57.4 Å². The molecule has 1 atom stereocenters. The van der Waals surface area contributed by atoms with Crippen molar-refractivity contribution in [1.82, 2.24) is 10.2 Å². The highest BCUT2D eigenvalue weighted by Crippen LogP contribution is 2.18. The van der Waals surface area contributed by atoms with E-state index in [1.807, 2.05) is 0 Å². The number of hydrogen-bond donors (Lipinski definition) is 1. The van der Waals surface area contributed by atoms with Crippen LogP contribution in [0.5, 0.6) is 0 Å². The molecule has 0 spiro atoms. The van der Waals surface area contributed by atoms with E-state index in [4.69, 9.17) is 0 Å². The number of nitrogens with one attached hydrogen (secondary N) is 1. The van der Waals surface area contributed by atoms with Gasteiger partial charge < -0.3 is 10.2 Å². The Hall–Kier alpha value is -0.860. The van der Waals surface area contributed by atoms with Crippen molar-refractivity contribution in [2.45, 2.75) is 51.5 Å². The lowest BCUT2D eigenvalue weighted by Gasteiger charge is -2.27. The lowest BCUT2D eigenvalue weighted by atomic mass is 10.0. The third kappa shape index (κ3) is 5.26. The van der Waals surface area contributed by atoms with E-state index in [1.54, 1.807) is 0 Å². The number of hydrogen-bond acceptors (Lipinski definition) is 2. The second-order valence-electron chi connectivity index (χ2n) is 5.96. The average molecular weight is 274 g/mol. The predicted octanol–water partition coefficient (Wildman–Crippen LogP) is 3.99. The van der Waals surface area contributed by atoms with Crippen LogP contribution in [0, 0.1) is 0 Å². The fourth-order valence-electron chi connectivity index (χ4n) is 3.12. The van der Waals surface area contributed by atoms with Gasteiger partial charge >= 0.3 is 0 Å². The highest BCUT2D eigenvalue weighted by Gasteiger charge is 2.11. The average Bonchev–Trinajstić information content (AvgIpc) is 2.52. The number of nitrogens with zero attached hydrogens (tertiary/aromatic N) is 1. The molecule has 2 rings (SSSR count). The van der Waals surface area contributed by atoms with Crippen LogP contribution in [0.15, 0.2) is 30.3 Å². The summed E-state index contributed by atoms with van der Waals surface area (Å²) in [7, 11) is 0. The fraction of sp³-hybridized carbons (Fsp3) is 0.667. The molecular formula is C18H30N2. The van der Waals surface area contributed by atoms with E-state index in [9.17, 15) is 0 Å². The van der Waals surface area contributed by atoms with Crippen molar-refractivity contribution in [3.05, 3.63) is 35.9 Å². The number of likely N-dealkylation sites (tertiary alicyclic amines) is 1. The molecule has 20 heavy (non-hydrogen) atoms. The Kier molecular flexibility index (Phi) is 7.10. The molecule has 112 valence electrons. The Morgan fingerprint density at radius 1 is 1.10 bits per heavy atom. The Balaban J connectivity index is 1.69. The molecule has 1 fully saturated rings. The standard InChI is InChI=1S/C18H30N2/c1-2-10-18(17-11-5-3-6-12-17)19-13-9-16-20-14-7-4-8-15-20/h3,5-6,11-12,18-19H,2,4,7-10,13-16H2,1H3. The molecule has 1 saturated heterocycles. The highest BCUT2D eigenvalue weighted by atomic mass is 15.1. The van der Waals surface area contributed by atoms with Crippen molar-refractivity contribution < 1.29 is 0 Å². The molecule has 1 aliphatic rings. The van der Waals surface area contributed by atoms with Gasteiger partial charge in [-0.25, -0.2) is 0 Å². The third-order valence-corrected chi connectivity index (χ3v) is 4.27. The van der Waals surface area contributed by atoms with Gasteiger partial charge in [0.25, 0.3) is 0 Å². The topological polar surface area (TPSA) is 15.3 Å². The zero-order valence-electron chi connectivity index (χ0n) is 13.0. The molecule has 2 nitrogen and oxygen atoms in total. The van der Waals surface area contributed by atoms with Gasteiger partial charge in [0.05, 0.1) is 0 Å². The summed E-state index contributed by atoms with van der Waals surface area (Å²) in [6, 6.07) is 11.4. The van der Waals surface area contributed by atoms with Gasteiger partial charge in [0, 0.05) is 6.04 Å². The summed E-state index contributed by atoms with van der Waals surface area (Å²) in [6.07, 6.45) is 7.96. The zero-order chi connectivity index (χ0) is 14.0. The van der Waals surface area contributed by atoms with Crippen LogP contribution in [0.4, 0.5) is 0 Å². The van der Waals surface area contributed by atoms with Crippen LogP contribution in [-0.4, -0.2) is 31.1 Å². The Labute approximate surface area is 124 Å². The molecule has 2 heteroatoms. The summed E-state index contributed by atoms with van der Waals surface area (Å²) < 4.78 is 0. The van der Waals surface area contributed by atoms with Gasteiger partial charge in [0.1, 0.15) is 0 Å². The van der Waals surface area contributed by atoms with E-state index >= 15 is 0 Å². The summed E-state index contributed by atoms with van der Waals surface area (Å²) >= 11 is 0. The van der Waals surface area contributed by atoms with E-state index in [2.05, 4.69) is 47.5 Å². The predicted molar refractivity (Wildman–Crippen MR) is 87.0 cm³/mol. The van der Waals surface area contributed by atoms with Gasteiger partial charge in [-0.1, -0.05) is 50.1 Å². The third-order valence-electron chi connectivity index (χ3n) is 4.27. The lowest BCUT2D eigenvalue weighted by molar-refractivity contribution is 0.224. The molecule has 0 radical (unpaired) electrons. The van der Waals surface area contributed by atoms with Gasteiger partial charge in [-0.3, -0.25) is 0 Å². The number of piperidine rings is 1. The minimum Gasteiger partial charge on any atom is -0.310 e. The van der Waals surface area contributed by atoms with Crippen LogP contribution in [-0.2, 0) is 0 Å². The minimum atomic E-state index is 0.530. The summed E-state index contributed by atoms with van der Waals surface area (Å²) in [4.78, 5) is 2.63. The first kappa shape index (κ1) is 15.5. The van der Waals surface area contributed by atoms with E-state index in [-0.39, 0.29) is 0 Å². The first-order chi connectivity index (χ1) is 9.90. The maximum absolute atomic E-state index is 3.75. The van der Waals surface area contributed by atoms with Gasteiger partial charge in [-0.2, -0.15) is 0 Å². The molecule has 1 aromatic carbocycles. The van der Waals surface area contributed by atoms with Gasteiger partial charge in [0.15, 0.2) is 0 Å². The Morgan fingerprint density at radius 2 is 1.85 bits per heavy atom. The maximum atomic E-state index is 3.75. The van der Waals surface area contributed by atoms with Crippen LogP contribution >= 0.6 is 0 Å². The highest BCUT2D eigenvalue weighted by molar-refractivity contribution is 5.18. The van der Waals surface area contributed by atoms with Crippen molar-refractivity contribution in [2.75, 3.05) is 26.2 Å². The smallest absolute Gasteiger partial charge is 0.0320 e. The molecule has 0 amide bonds. The van der Waals surface area contributed by atoms with Crippen LogP contribution in [0.3, 0.4) is 0 Å². The van der Waals surface area contributed by atoms with E-state index in [0.29, 0.717) is 6.04 Å². The molecule has 0 bridgehead atoms. The molecule has 1 N–H and O–H groups in total. The lowest BCUT2D eigenvalue weighted by Crippen LogP contribution is -2.32. The van der Waals surface area contributed by atoms with Crippen molar-refractivity contribution in [3.8, 4) is 0 Å². The zero-order valence-corrected chi connectivity index (χ0v) is 13.0. The molecule has 0 saturated carbocycles. The van der Waals surface area contributed by atoms with Crippen molar-refractivity contribution in [1.29, 1.82) is 0 Å². The second kappa shape index (κ2) is 9.15. The van der Waals surface area contributed by atoms with Crippen LogP contribution in [0.25, 0.3) is 0 Å². The van der Waals surface area contributed by atoms with Crippen molar-refractivity contribution in [2.24, 2.45) is 0 Å². The summed E-state index contributed by atoms with van der Waals surface area (Å²) in [5.74, 6) is 0. The minimum absolute atomic E-state index is 0.530.